The molecule has 0 radical (unpaired) electrons. The van der Waals surface area contributed by atoms with Gasteiger partial charge in [-0.25, -0.2) is 4.98 Å². The molecule has 0 aliphatic carbocycles. The van der Waals surface area contributed by atoms with Gasteiger partial charge in [0.1, 0.15) is 11.5 Å². The Morgan fingerprint density at radius 1 is 1.32 bits per heavy atom. The maximum atomic E-state index is 12.7. The molecule has 2 N–H and O–H groups in total. The standard InChI is InChI=1S/C21H18N6O2S2/c1-3-11-27-18(25-26-21(27)30)17-13(2)23-20(31-17)24-19(28)14-6-8-15(9-7-14)29-16-5-4-10-22-12-16/h3-10,12H,1,11H2,2H3,(H,26,30)(H,23,24,28). The Hall–Kier alpha value is -3.63. The highest BCUT2D eigenvalue weighted by atomic mass is 32.1. The fourth-order valence-electron chi connectivity index (χ4n) is 2.83. The second-order valence-corrected chi connectivity index (χ2v) is 7.84. The molecule has 8 nitrogen and oxygen atoms in total. The van der Waals surface area contributed by atoms with Gasteiger partial charge in [-0.1, -0.05) is 17.4 Å². The van der Waals surface area contributed by atoms with Crippen molar-refractivity contribution in [2.24, 2.45) is 0 Å². The number of rotatable bonds is 7. The summed E-state index contributed by atoms with van der Waals surface area (Å²) in [4.78, 5) is 22.0. The Labute approximate surface area is 187 Å². The molecule has 1 amide bonds. The first-order valence-corrected chi connectivity index (χ1v) is 10.5. The largest absolute Gasteiger partial charge is 0.456 e. The molecule has 0 aliphatic heterocycles. The van der Waals surface area contributed by atoms with Crippen LogP contribution in [-0.2, 0) is 6.54 Å². The number of carbonyl (C=O) groups is 1. The van der Waals surface area contributed by atoms with E-state index in [9.17, 15) is 4.79 Å². The number of carbonyl (C=O) groups excluding carboxylic acids is 1. The fraction of sp³-hybridized carbons (Fsp3) is 0.0952. The lowest BCUT2D eigenvalue weighted by Crippen LogP contribution is -2.11. The number of hydrogen-bond donors (Lipinski definition) is 2. The van der Waals surface area contributed by atoms with E-state index in [-0.39, 0.29) is 5.91 Å². The summed E-state index contributed by atoms with van der Waals surface area (Å²) in [6, 6.07) is 10.4. The number of nitrogens with one attached hydrogen (secondary N) is 2. The molecule has 4 aromatic rings. The Balaban J connectivity index is 1.49. The molecule has 10 heteroatoms. The van der Waals surface area contributed by atoms with Crippen LogP contribution in [0.15, 0.2) is 61.4 Å². The fourth-order valence-corrected chi connectivity index (χ4v) is 4.00. The van der Waals surface area contributed by atoms with Crippen LogP contribution in [0.2, 0.25) is 0 Å². The Bertz CT molecular complexity index is 1280. The van der Waals surface area contributed by atoms with Gasteiger partial charge in [0.05, 0.1) is 16.8 Å². The number of thiazole rings is 1. The molecule has 0 unspecified atom stereocenters. The number of aromatic nitrogens is 5. The third-order valence-electron chi connectivity index (χ3n) is 4.28. The number of pyridine rings is 1. The lowest BCUT2D eigenvalue weighted by atomic mass is 10.2. The maximum Gasteiger partial charge on any atom is 0.257 e. The highest BCUT2D eigenvalue weighted by Gasteiger charge is 2.17. The molecule has 0 saturated carbocycles. The third-order valence-corrected chi connectivity index (χ3v) is 5.66. The highest BCUT2D eigenvalue weighted by molar-refractivity contribution is 7.71. The normalized spacial score (nSPS) is 10.6. The first kappa shape index (κ1) is 20.6. The molecule has 0 saturated heterocycles. The zero-order valence-corrected chi connectivity index (χ0v) is 18.2. The van der Waals surface area contributed by atoms with E-state index < -0.39 is 0 Å². The molecule has 4 rings (SSSR count). The summed E-state index contributed by atoms with van der Waals surface area (Å²) in [5.74, 6) is 1.64. The lowest BCUT2D eigenvalue weighted by Gasteiger charge is -2.06. The molecule has 3 heterocycles. The highest BCUT2D eigenvalue weighted by Crippen LogP contribution is 2.32. The van der Waals surface area contributed by atoms with E-state index >= 15 is 0 Å². The van der Waals surface area contributed by atoms with Crippen molar-refractivity contribution in [2.75, 3.05) is 5.32 Å². The second-order valence-electron chi connectivity index (χ2n) is 6.45. The number of benzene rings is 1. The van der Waals surface area contributed by atoms with Crippen molar-refractivity contribution >= 4 is 34.6 Å². The van der Waals surface area contributed by atoms with Crippen LogP contribution >= 0.6 is 23.6 Å². The maximum absolute atomic E-state index is 12.7. The smallest absolute Gasteiger partial charge is 0.257 e. The van der Waals surface area contributed by atoms with Gasteiger partial charge in [0.25, 0.3) is 5.91 Å². The molecule has 0 bridgehead atoms. The summed E-state index contributed by atoms with van der Waals surface area (Å²) < 4.78 is 8.03. The zero-order chi connectivity index (χ0) is 21.8. The molecule has 0 aliphatic rings. The lowest BCUT2D eigenvalue weighted by molar-refractivity contribution is 0.102. The summed E-state index contributed by atoms with van der Waals surface area (Å²) in [6.45, 7) is 6.14. The summed E-state index contributed by atoms with van der Waals surface area (Å²) >= 11 is 6.61. The Morgan fingerprint density at radius 3 is 2.84 bits per heavy atom. The van der Waals surface area contributed by atoms with Gasteiger partial charge in [-0.3, -0.25) is 24.8 Å². The number of H-pyrrole nitrogens is 1. The number of aryl methyl sites for hydroxylation is 1. The average molecular weight is 451 g/mol. The van der Waals surface area contributed by atoms with Crippen molar-refractivity contribution in [3.05, 3.63) is 77.5 Å². The van der Waals surface area contributed by atoms with Gasteiger partial charge < -0.3 is 4.74 Å². The number of anilines is 1. The van der Waals surface area contributed by atoms with Crippen molar-refractivity contribution in [3.8, 4) is 22.2 Å². The Kier molecular flexibility index (Phi) is 6.01. The third kappa shape index (κ3) is 4.60. The monoisotopic (exact) mass is 450 g/mol. The van der Waals surface area contributed by atoms with Crippen molar-refractivity contribution in [1.29, 1.82) is 0 Å². The van der Waals surface area contributed by atoms with Gasteiger partial charge in [0.2, 0.25) is 0 Å². The summed E-state index contributed by atoms with van der Waals surface area (Å²) in [5, 5.41) is 10.4. The molecular weight excluding hydrogens is 432 g/mol. The number of allylic oxidation sites excluding steroid dienone is 1. The van der Waals surface area contributed by atoms with Gasteiger partial charge in [-0.05, 0) is 55.5 Å². The number of hydrogen-bond acceptors (Lipinski definition) is 7. The predicted molar refractivity (Wildman–Crippen MR) is 122 cm³/mol. The average Bonchev–Trinajstić information content (AvgIpc) is 3.31. The van der Waals surface area contributed by atoms with Crippen LogP contribution in [0.5, 0.6) is 11.5 Å². The van der Waals surface area contributed by atoms with E-state index in [0.29, 0.717) is 39.3 Å². The molecule has 3 aromatic heterocycles. The van der Waals surface area contributed by atoms with E-state index in [1.807, 2.05) is 17.6 Å². The van der Waals surface area contributed by atoms with E-state index in [1.54, 1.807) is 48.8 Å². The van der Waals surface area contributed by atoms with Crippen LogP contribution in [0, 0.1) is 11.7 Å². The van der Waals surface area contributed by atoms with Gasteiger partial charge in [0, 0.05) is 18.3 Å². The number of ether oxygens (including phenoxy) is 1. The first-order chi connectivity index (χ1) is 15.0. The quantitative estimate of drug-likeness (QED) is 0.304. The van der Waals surface area contributed by atoms with Crippen molar-refractivity contribution in [2.45, 2.75) is 13.5 Å². The summed E-state index contributed by atoms with van der Waals surface area (Å²) in [5.41, 5.74) is 1.24. The van der Waals surface area contributed by atoms with Crippen LogP contribution in [0.4, 0.5) is 5.13 Å². The van der Waals surface area contributed by atoms with Crippen LogP contribution in [0.25, 0.3) is 10.7 Å². The zero-order valence-electron chi connectivity index (χ0n) is 16.5. The summed E-state index contributed by atoms with van der Waals surface area (Å²) in [7, 11) is 0. The minimum atomic E-state index is -0.266. The van der Waals surface area contributed by atoms with E-state index in [4.69, 9.17) is 17.0 Å². The number of aromatic amines is 1. The molecule has 1 aromatic carbocycles. The van der Waals surface area contributed by atoms with Crippen molar-refractivity contribution < 1.29 is 9.53 Å². The minimum Gasteiger partial charge on any atom is -0.456 e. The van der Waals surface area contributed by atoms with Gasteiger partial charge >= 0.3 is 0 Å². The second kappa shape index (κ2) is 9.02. The molecule has 0 atom stereocenters. The molecular formula is C21H18N6O2S2. The van der Waals surface area contributed by atoms with Gasteiger partial charge in [0.15, 0.2) is 15.7 Å². The van der Waals surface area contributed by atoms with E-state index in [1.165, 1.54) is 11.3 Å². The van der Waals surface area contributed by atoms with E-state index in [0.717, 1.165) is 10.6 Å². The number of nitrogens with zero attached hydrogens (tertiary/aromatic N) is 4. The molecule has 31 heavy (non-hydrogen) atoms. The Morgan fingerprint density at radius 2 is 2.13 bits per heavy atom. The topological polar surface area (TPSA) is 97.7 Å². The van der Waals surface area contributed by atoms with Crippen LogP contribution < -0.4 is 10.1 Å². The van der Waals surface area contributed by atoms with Gasteiger partial charge in [-0.2, -0.15) is 5.10 Å². The molecule has 0 fully saturated rings. The van der Waals surface area contributed by atoms with Crippen LogP contribution in [0.3, 0.4) is 0 Å². The van der Waals surface area contributed by atoms with E-state index in [2.05, 4.69) is 32.1 Å². The van der Waals surface area contributed by atoms with Crippen LogP contribution in [-0.4, -0.2) is 30.6 Å². The first-order valence-electron chi connectivity index (χ1n) is 9.28. The SMILES string of the molecule is C=CCn1c(-c2sc(NC(=O)c3ccc(Oc4cccnc4)cc3)nc2C)n[nH]c1=S. The number of amides is 1. The van der Waals surface area contributed by atoms with Crippen molar-refractivity contribution in [1.82, 2.24) is 24.7 Å². The van der Waals surface area contributed by atoms with Crippen LogP contribution in [0.1, 0.15) is 16.1 Å². The minimum absolute atomic E-state index is 0.266. The van der Waals surface area contributed by atoms with Crippen molar-refractivity contribution in [3.63, 3.8) is 0 Å². The molecule has 0 spiro atoms. The predicted octanol–water partition coefficient (Wildman–Crippen LogP) is 5.00. The summed E-state index contributed by atoms with van der Waals surface area (Å²) in [6.07, 6.45) is 5.04. The molecule has 156 valence electrons. The van der Waals surface area contributed by atoms with Gasteiger partial charge in [-0.15, -0.1) is 6.58 Å².